The number of hydrogen-bond acceptors (Lipinski definition) is 3. The molecule has 2 aromatic rings. The Morgan fingerprint density at radius 3 is 2.94 bits per heavy atom. The largest absolute Gasteiger partial charge is 0.329 e. The minimum atomic E-state index is 0.211. The van der Waals surface area contributed by atoms with Crippen LogP contribution in [0.15, 0.2) is 41.8 Å². The molecule has 0 aliphatic carbocycles. The van der Waals surface area contributed by atoms with E-state index in [0.29, 0.717) is 6.54 Å². The van der Waals surface area contributed by atoms with Gasteiger partial charge in [-0.05, 0) is 29.3 Å². The average molecular weight is 246 g/mol. The van der Waals surface area contributed by atoms with Crippen molar-refractivity contribution in [3.05, 3.63) is 47.4 Å². The molecular formula is C14H18N2S. The van der Waals surface area contributed by atoms with Crippen LogP contribution in [0.1, 0.15) is 18.5 Å². The van der Waals surface area contributed by atoms with Gasteiger partial charge in [0.1, 0.15) is 0 Å². The van der Waals surface area contributed by atoms with Crippen LogP contribution in [0, 0.1) is 0 Å². The first-order valence-corrected chi connectivity index (χ1v) is 6.64. The molecule has 0 saturated heterocycles. The summed E-state index contributed by atoms with van der Waals surface area (Å²) in [5, 5.41) is 6.96. The molecular weight excluding hydrogens is 228 g/mol. The van der Waals surface area contributed by atoms with Crippen LogP contribution in [0.2, 0.25) is 0 Å². The van der Waals surface area contributed by atoms with Gasteiger partial charge >= 0.3 is 0 Å². The minimum Gasteiger partial charge on any atom is -0.329 e. The number of nitrogens with two attached hydrogens (primary N) is 1. The van der Waals surface area contributed by atoms with Crippen LogP contribution in [0.4, 0.5) is 0 Å². The van der Waals surface area contributed by atoms with E-state index in [9.17, 15) is 0 Å². The van der Waals surface area contributed by atoms with Crippen molar-refractivity contribution in [3.63, 3.8) is 0 Å². The molecule has 2 nitrogen and oxygen atoms in total. The van der Waals surface area contributed by atoms with E-state index in [1.54, 1.807) is 11.3 Å². The van der Waals surface area contributed by atoms with Crippen molar-refractivity contribution in [2.75, 3.05) is 13.1 Å². The van der Waals surface area contributed by atoms with Crippen LogP contribution >= 0.6 is 11.3 Å². The number of thiophene rings is 1. The molecule has 0 radical (unpaired) electrons. The predicted octanol–water partition coefficient (Wildman–Crippen LogP) is 3.07. The fourth-order valence-electron chi connectivity index (χ4n) is 1.89. The molecule has 0 amide bonds. The number of benzene rings is 1. The smallest absolute Gasteiger partial charge is 0.0461 e. The molecule has 3 heteroatoms. The second kappa shape index (κ2) is 5.45. The third-order valence-corrected chi connectivity index (χ3v) is 3.75. The maximum atomic E-state index is 5.85. The summed E-state index contributed by atoms with van der Waals surface area (Å²) < 4.78 is 1.32. The van der Waals surface area contributed by atoms with Crippen molar-refractivity contribution in [1.82, 2.24) is 5.32 Å². The third-order valence-electron chi connectivity index (χ3n) is 2.77. The van der Waals surface area contributed by atoms with Crippen molar-refractivity contribution in [2.24, 2.45) is 5.73 Å². The maximum Gasteiger partial charge on any atom is 0.0461 e. The van der Waals surface area contributed by atoms with E-state index in [-0.39, 0.29) is 6.04 Å². The van der Waals surface area contributed by atoms with Gasteiger partial charge in [-0.1, -0.05) is 30.4 Å². The molecule has 0 saturated carbocycles. The molecule has 3 N–H and O–H groups in total. The van der Waals surface area contributed by atoms with Gasteiger partial charge in [0, 0.05) is 23.8 Å². The highest BCUT2D eigenvalue weighted by atomic mass is 32.1. The second-order valence-electron chi connectivity index (χ2n) is 4.31. The molecule has 1 aromatic heterocycles. The lowest BCUT2D eigenvalue weighted by molar-refractivity contribution is 0.574. The Bertz CT molecular complexity index is 516. The molecule has 1 aromatic carbocycles. The Kier molecular flexibility index (Phi) is 3.94. The van der Waals surface area contributed by atoms with Crippen molar-refractivity contribution in [1.29, 1.82) is 0 Å². The summed E-state index contributed by atoms with van der Waals surface area (Å²) in [6, 6.07) is 8.66. The second-order valence-corrected chi connectivity index (χ2v) is 5.22. The monoisotopic (exact) mass is 246 g/mol. The van der Waals surface area contributed by atoms with E-state index < -0.39 is 0 Å². The first-order chi connectivity index (χ1) is 8.22. The molecule has 2 rings (SSSR count). The van der Waals surface area contributed by atoms with E-state index in [1.165, 1.54) is 15.6 Å². The Balaban J connectivity index is 2.27. The van der Waals surface area contributed by atoms with Crippen LogP contribution in [-0.4, -0.2) is 13.1 Å². The van der Waals surface area contributed by atoms with E-state index in [1.807, 2.05) is 6.92 Å². The van der Waals surface area contributed by atoms with Gasteiger partial charge in [0.05, 0.1) is 0 Å². The molecule has 0 bridgehead atoms. The lowest BCUT2D eigenvalue weighted by Crippen LogP contribution is -2.29. The highest BCUT2D eigenvalue weighted by Gasteiger charge is 2.13. The van der Waals surface area contributed by atoms with Crippen molar-refractivity contribution < 1.29 is 0 Å². The lowest BCUT2D eigenvalue weighted by Gasteiger charge is -2.16. The van der Waals surface area contributed by atoms with Crippen molar-refractivity contribution >= 4 is 21.4 Å². The van der Waals surface area contributed by atoms with Crippen molar-refractivity contribution in [2.45, 2.75) is 13.0 Å². The first kappa shape index (κ1) is 12.3. The Labute approximate surface area is 106 Å². The first-order valence-electron chi connectivity index (χ1n) is 5.76. The van der Waals surface area contributed by atoms with Crippen LogP contribution < -0.4 is 11.1 Å². The van der Waals surface area contributed by atoms with Crippen LogP contribution in [0.5, 0.6) is 0 Å². The molecule has 1 unspecified atom stereocenters. The highest BCUT2D eigenvalue weighted by Crippen LogP contribution is 2.29. The standard InChI is InChI=1S/C14H18N2S/c1-10(2)8-16-13(7-15)12-9-17-14-6-4-3-5-11(12)14/h3-6,9,13,16H,1,7-8,15H2,2H3. The fourth-order valence-corrected chi connectivity index (χ4v) is 2.90. The van der Waals surface area contributed by atoms with Crippen LogP contribution in [-0.2, 0) is 0 Å². The van der Waals surface area contributed by atoms with Gasteiger partial charge in [0.15, 0.2) is 0 Å². The van der Waals surface area contributed by atoms with Gasteiger partial charge < -0.3 is 11.1 Å². The van der Waals surface area contributed by atoms with Gasteiger partial charge in [0.25, 0.3) is 0 Å². The number of hydrogen-bond donors (Lipinski definition) is 2. The quantitative estimate of drug-likeness (QED) is 0.796. The molecule has 0 fully saturated rings. The van der Waals surface area contributed by atoms with Gasteiger partial charge in [0.2, 0.25) is 0 Å². The summed E-state index contributed by atoms with van der Waals surface area (Å²) in [4.78, 5) is 0. The highest BCUT2D eigenvalue weighted by molar-refractivity contribution is 7.17. The van der Waals surface area contributed by atoms with E-state index in [0.717, 1.165) is 12.1 Å². The molecule has 17 heavy (non-hydrogen) atoms. The van der Waals surface area contributed by atoms with Gasteiger partial charge in [-0.3, -0.25) is 0 Å². The fraction of sp³-hybridized carbons (Fsp3) is 0.286. The Morgan fingerprint density at radius 1 is 1.47 bits per heavy atom. The molecule has 1 heterocycles. The topological polar surface area (TPSA) is 38.0 Å². The average Bonchev–Trinajstić information content (AvgIpc) is 2.74. The van der Waals surface area contributed by atoms with Gasteiger partial charge in [-0.25, -0.2) is 0 Å². The predicted molar refractivity (Wildman–Crippen MR) is 76.4 cm³/mol. The summed E-state index contributed by atoms with van der Waals surface area (Å²) in [6.07, 6.45) is 0. The van der Waals surface area contributed by atoms with E-state index >= 15 is 0 Å². The Morgan fingerprint density at radius 2 is 2.24 bits per heavy atom. The zero-order valence-electron chi connectivity index (χ0n) is 10.1. The SMILES string of the molecule is C=C(C)CNC(CN)c1csc2ccccc12. The number of rotatable bonds is 5. The minimum absolute atomic E-state index is 0.211. The van der Waals surface area contributed by atoms with E-state index in [2.05, 4.69) is 41.5 Å². The molecule has 0 spiro atoms. The summed E-state index contributed by atoms with van der Waals surface area (Å²) >= 11 is 1.77. The number of fused-ring (bicyclic) bond motifs is 1. The molecule has 1 atom stereocenters. The maximum absolute atomic E-state index is 5.85. The Hall–Kier alpha value is -1.16. The van der Waals surface area contributed by atoms with Crippen LogP contribution in [0.3, 0.4) is 0 Å². The number of nitrogens with one attached hydrogen (secondary N) is 1. The molecule has 0 aliphatic rings. The zero-order chi connectivity index (χ0) is 12.3. The van der Waals surface area contributed by atoms with Gasteiger partial charge in [-0.15, -0.1) is 11.3 Å². The zero-order valence-corrected chi connectivity index (χ0v) is 10.9. The summed E-state index contributed by atoms with van der Waals surface area (Å²) in [6.45, 7) is 7.34. The summed E-state index contributed by atoms with van der Waals surface area (Å²) in [5.41, 5.74) is 8.28. The lowest BCUT2D eigenvalue weighted by atomic mass is 10.1. The summed E-state index contributed by atoms with van der Waals surface area (Å²) in [7, 11) is 0. The van der Waals surface area contributed by atoms with E-state index in [4.69, 9.17) is 5.73 Å². The van der Waals surface area contributed by atoms with Gasteiger partial charge in [-0.2, -0.15) is 0 Å². The molecule has 90 valence electrons. The normalized spacial score (nSPS) is 12.8. The third kappa shape index (κ3) is 2.75. The summed E-state index contributed by atoms with van der Waals surface area (Å²) in [5.74, 6) is 0. The molecule has 0 aliphatic heterocycles. The van der Waals surface area contributed by atoms with Crippen molar-refractivity contribution in [3.8, 4) is 0 Å². The van der Waals surface area contributed by atoms with Crippen LogP contribution in [0.25, 0.3) is 10.1 Å².